The van der Waals surface area contributed by atoms with Gasteiger partial charge < -0.3 is 5.21 Å². The Bertz CT molecular complexity index is 1060. The Labute approximate surface area is 162 Å². The van der Waals surface area contributed by atoms with Crippen molar-refractivity contribution in [3.05, 3.63) is 94.6 Å². The Morgan fingerprint density at radius 2 is 1.79 bits per heavy atom. The Kier molecular flexibility index (Phi) is 3.90. The van der Waals surface area contributed by atoms with Gasteiger partial charge in [0.2, 0.25) is 0 Å². The molecule has 0 saturated heterocycles. The highest BCUT2D eigenvalue weighted by Gasteiger charge is 2.38. The molecule has 0 spiro atoms. The molecular formula is C23H20FN3O. The van der Waals surface area contributed by atoms with E-state index in [0.717, 1.165) is 40.9 Å². The van der Waals surface area contributed by atoms with E-state index in [-0.39, 0.29) is 5.82 Å². The molecule has 140 valence electrons. The van der Waals surface area contributed by atoms with E-state index in [2.05, 4.69) is 39.6 Å². The zero-order valence-electron chi connectivity index (χ0n) is 15.3. The summed E-state index contributed by atoms with van der Waals surface area (Å²) in [5.41, 5.74) is 5.12. The molecule has 2 aromatic carbocycles. The number of aromatic amines is 1. The molecular weight excluding hydrogens is 353 g/mol. The van der Waals surface area contributed by atoms with Gasteiger partial charge in [-0.25, -0.2) is 4.39 Å². The quantitative estimate of drug-likeness (QED) is 0.396. The molecule has 0 amide bonds. The molecule has 28 heavy (non-hydrogen) atoms. The average molecular weight is 373 g/mol. The van der Waals surface area contributed by atoms with Gasteiger partial charge in [-0.1, -0.05) is 59.8 Å². The highest BCUT2D eigenvalue weighted by atomic mass is 19.1. The lowest BCUT2D eigenvalue weighted by atomic mass is 9.68. The zero-order valence-corrected chi connectivity index (χ0v) is 15.3. The second-order valence-corrected chi connectivity index (χ2v) is 7.58. The van der Waals surface area contributed by atoms with Crippen LogP contribution in [-0.2, 0) is 11.8 Å². The van der Waals surface area contributed by atoms with E-state index in [4.69, 9.17) is 0 Å². The summed E-state index contributed by atoms with van der Waals surface area (Å²) in [7, 11) is 0. The van der Waals surface area contributed by atoms with E-state index in [1.807, 2.05) is 30.3 Å². The number of nitrogens with one attached hydrogen (secondary N) is 1. The van der Waals surface area contributed by atoms with E-state index < -0.39 is 5.41 Å². The van der Waals surface area contributed by atoms with Gasteiger partial charge >= 0.3 is 0 Å². The molecule has 1 heterocycles. The number of rotatable bonds is 4. The fraction of sp³-hybridized carbons (Fsp3) is 0.217. The van der Waals surface area contributed by atoms with E-state index in [9.17, 15) is 9.60 Å². The van der Waals surface area contributed by atoms with Crippen LogP contribution in [0.1, 0.15) is 40.9 Å². The second-order valence-electron chi connectivity index (χ2n) is 7.58. The van der Waals surface area contributed by atoms with Crippen molar-refractivity contribution >= 4 is 11.8 Å². The minimum Gasteiger partial charge on any atom is -0.411 e. The standard InChI is InChI=1S/C23H20FN3O/c24-18-10-8-17(9-11-18)23(16-4-2-1-3-5-16)13-12-19-20(14-23)25-26-22(19)21(27-28)15-6-7-15/h1-5,8-13,15,28H,6-7,14H2,(H,25,26)/b27-21+. The molecule has 1 fully saturated rings. The summed E-state index contributed by atoms with van der Waals surface area (Å²) >= 11 is 0. The fourth-order valence-electron chi connectivity index (χ4n) is 4.18. The number of aromatic nitrogens is 2. The van der Waals surface area contributed by atoms with E-state index in [1.54, 1.807) is 0 Å². The molecule has 5 rings (SSSR count). The van der Waals surface area contributed by atoms with Gasteiger partial charge in [0.1, 0.15) is 17.2 Å². The second kappa shape index (κ2) is 6.44. The Hall–Kier alpha value is -3.21. The molecule has 0 aliphatic heterocycles. The third kappa shape index (κ3) is 2.66. The minimum atomic E-state index is -0.415. The Morgan fingerprint density at radius 1 is 1.07 bits per heavy atom. The smallest absolute Gasteiger partial charge is 0.123 e. The third-order valence-electron chi connectivity index (χ3n) is 5.84. The molecule has 5 heteroatoms. The molecule has 3 aromatic rings. The first kappa shape index (κ1) is 16.9. The van der Waals surface area contributed by atoms with E-state index >= 15 is 0 Å². The van der Waals surface area contributed by atoms with Crippen LogP contribution < -0.4 is 0 Å². The first-order valence-corrected chi connectivity index (χ1v) is 9.51. The number of hydrogen-bond donors (Lipinski definition) is 2. The number of oxime groups is 1. The highest BCUT2D eigenvalue weighted by molar-refractivity contribution is 6.04. The maximum atomic E-state index is 13.6. The summed E-state index contributed by atoms with van der Waals surface area (Å²) in [5, 5.41) is 20.6. The molecule has 4 nitrogen and oxygen atoms in total. The van der Waals surface area contributed by atoms with Crippen LogP contribution in [0.25, 0.3) is 6.08 Å². The van der Waals surface area contributed by atoms with Gasteiger partial charge in [-0.05, 0) is 36.1 Å². The number of allylic oxidation sites excluding steroid dienone is 1. The lowest BCUT2D eigenvalue weighted by Gasteiger charge is -2.34. The van der Waals surface area contributed by atoms with Gasteiger partial charge in [-0.15, -0.1) is 0 Å². The lowest BCUT2D eigenvalue weighted by molar-refractivity contribution is 0.317. The van der Waals surface area contributed by atoms with Crippen LogP contribution in [0.3, 0.4) is 0 Å². The minimum absolute atomic E-state index is 0.246. The van der Waals surface area contributed by atoms with Crippen molar-refractivity contribution in [2.75, 3.05) is 0 Å². The summed E-state index contributed by atoms with van der Waals surface area (Å²) in [6.45, 7) is 0. The molecule has 2 N–H and O–H groups in total. The predicted octanol–water partition coefficient (Wildman–Crippen LogP) is 4.69. The van der Waals surface area contributed by atoms with Crippen molar-refractivity contribution in [2.24, 2.45) is 11.1 Å². The van der Waals surface area contributed by atoms with Crippen molar-refractivity contribution in [1.82, 2.24) is 10.2 Å². The number of H-pyrrole nitrogens is 1. The molecule has 0 radical (unpaired) electrons. The van der Waals surface area contributed by atoms with Gasteiger partial charge in [-0.3, -0.25) is 5.10 Å². The van der Waals surface area contributed by atoms with E-state index in [0.29, 0.717) is 18.1 Å². The molecule has 2 aliphatic carbocycles. The molecule has 1 saturated carbocycles. The van der Waals surface area contributed by atoms with Crippen molar-refractivity contribution in [3.63, 3.8) is 0 Å². The third-order valence-corrected chi connectivity index (χ3v) is 5.84. The summed E-state index contributed by atoms with van der Waals surface area (Å²) in [6, 6.07) is 16.9. The zero-order chi connectivity index (χ0) is 19.1. The molecule has 2 aliphatic rings. The van der Waals surface area contributed by atoms with Crippen LogP contribution in [0.15, 0.2) is 65.8 Å². The summed E-state index contributed by atoms with van der Waals surface area (Å²) in [5.74, 6) is 0.0493. The highest BCUT2D eigenvalue weighted by Crippen LogP contribution is 2.43. The maximum absolute atomic E-state index is 13.6. The summed E-state index contributed by atoms with van der Waals surface area (Å²) in [6.07, 6.45) is 6.97. The van der Waals surface area contributed by atoms with Gasteiger partial charge in [0, 0.05) is 29.0 Å². The van der Waals surface area contributed by atoms with Gasteiger partial charge in [-0.2, -0.15) is 5.10 Å². The van der Waals surface area contributed by atoms with Crippen LogP contribution in [0.5, 0.6) is 0 Å². The topological polar surface area (TPSA) is 61.3 Å². The van der Waals surface area contributed by atoms with Crippen LogP contribution in [0, 0.1) is 11.7 Å². The predicted molar refractivity (Wildman–Crippen MR) is 106 cm³/mol. The first-order chi connectivity index (χ1) is 13.7. The monoisotopic (exact) mass is 373 g/mol. The van der Waals surface area contributed by atoms with Gasteiger partial charge in [0.05, 0.1) is 0 Å². The first-order valence-electron chi connectivity index (χ1n) is 9.51. The van der Waals surface area contributed by atoms with Crippen molar-refractivity contribution < 1.29 is 9.60 Å². The SMILES string of the molecule is O/N=C(/c1n[nH]c2c1C=CC(c1ccccc1)(c1ccc(F)cc1)C2)C1CC1. The van der Waals surface area contributed by atoms with Crippen molar-refractivity contribution in [2.45, 2.75) is 24.7 Å². The number of halogens is 1. The van der Waals surface area contributed by atoms with Crippen molar-refractivity contribution in [3.8, 4) is 0 Å². The summed E-state index contributed by atoms with van der Waals surface area (Å²) < 4.78 is 13.6. The average Bonchev–Trinajstić information content (AvgIpc) is 3.49. The van der Waals surface area contributed by atoms with E-state index in [1.165, 1.54) is 12.1 Å². The van der Waals surface area contributed by atoms with Gasteiger partial charge in [0.15, 0.2) is 0 Å². The molecule has 1 aromatic heterocycles. The number of hydrogen-bond acceptors (Lipinski definition) is 3. The number of benzene rings is 2. The van der Waals surface area contributed by atoms with Gasteiger partial charge in [0.25, 0.3) is 0 Å². The number of fused-ring (bicyclic) bond motifs is 1. The van der Waals surface area contributed by atoms with Crippen molar-refractivity contribution in [1.29, 1.82) is 0 Å². The number of nitrogens with zero attached hydrogens (tertiary/aromatic N) is 2. The van der Waals surface area contributed by atoms with Crippen LogP contribution >= 0.6 is 0 Å². The lowest BCUT2D eigenvalue weighted by Crippen LogP contribution is -2.30. The normalized spacial score (nSPS) is 21.5. The van der Waals surface area contributed by atoms with Crippen LogP contribution in [-0.4, -0.2) is 21.1 Å². The Balaban J connectivity index is 1.63. The Morgan fingerprint density at radius 3 is 2.46 bits per heavy atom. The van der Waals surface area contributed by atoms with Crippen LogP contribution in [0.4, 0.5) is 4.39 Å². The largest absolute Gasteiger partial charge is 0.411 e. The molecule has 1 unspecified atom stereocenters. The molecule has 1 atom stereocenters. The maximum Gasteiger partial charge on any atom is 0.123 e. The summed E-state index contributed by atoms with van der Waals surface area (Å²) in [4.78, 5) is 0. The van der Waals surface area contributed by atoms with Crippen LogP contribution in [0.2, 0.25) is 0 Å². The molecule has 0 bridgehead atoms. The fourth-order valence-corrected chi connectivity index (χ4v) is 4.18.